The van der Waals surface area contributed by atoms with Crippen molar-refractivity contribution in [1.29, 1.82) is 0 Å². The van der Waals surface area contributed by atoms with Crippen molar-refractivity contribution in [2.75, 3.05) is 0 Å². The van der Waals surface area contributed by atoms with Gasteiger partial charge in [0.05, 0.1) is 11.1 Å². The summed E-state index contributed by atoms with van der Waals surface area (Å²) in [7, 11) is 0. The van der Waals surface area contributed by atoms with E-state index in [4.69, 9.17) is 0 Å². The predicted octanol–water partition coefficient (Wildman–Crippen LogP) is 11.5. The van der Waals surface area contributed by atoms with Crippen LogP contribution in [-0.2, 0) is 12.4 Å². The van der Waals surface area contributed by atoms with Crippen LogP contribution < -0.4 is 0 Å². The highest BCUT2D eigenvalue weighted by molar-refractivity contribution is 9.11. The molecule has 0 aliphatic heterocycles. The number of hydrogen-bond acceptors (Lipinski definition) is 0. The Kier molecular flexibility index (Phi) is 5.78. The number of benzene rings is 6. The maximum atomic E-state index is 13.9. The van der Waals surface area contributed by atoms with Crippen molar-refractivity contribution in [2.45, 2.75) is 12.4 Å². The van der Waals surface area contributed by atoms with Gasteiger partial charge in [0.1, 0.15) is 0 Å². The lowest BCUT2D eigenvalue weighted by atomic mass is 9.85. The van der Waals surface area contributed by atoms with E-state index in [1.807, 2.05) is 0 Å². The maximum absolute atomic E-state index is 13.9. The molecule has 0 fully saturated rings. The van der Waals surface area contributed by atoms with E-state index in [9.17, 15) is 26.3 Å². The van der Waals surface area contributed by atoms with Crippen LogP contribution in [0.5, 0.6) is 0 Å². The smallest absolute Gasteiger partial charge is 0.166 e. The standard InChI is InChI=1S/C30H14Br2F6/c31-25-13-21(15-5-1-3-7-23(15)29(33,34)35)17-9-11-20-26(32)14-22(18-10-12-19(25)27(17)28(18)20)16-6-2-4-8-24(16)30(36,37)38/h1-14H. The van der Waals surface area contributed by atoms with Crippen LogP contribution in [0.4, 0.5) is 26.3 Å². The van der Waals surface area contributed by atoms with Crippen molar-refractivity contribution in [1.82, 2.24) is 0 Å². The average Bonchev–Trinajstić information content (AvgIpc) is 2.88. The molecular weight excluding hydrogens is 634 g/mol. The average molecular weight is 648 g/mol. The highest BCUT2D eigenvalue weighted by Crippen LogP contribution is 2.49. The van der Waals surface area contributed by atoms with Crippen LogP contribution >= 0.6 is 31.9 Å². The van der Waals surface area contributed by atoms with Gasteiger partial charge in [-0.1, -0.05) is 92.5 Å². The summed E-state index contributed by atoms with van der Waals surface area (Å²) in [6.07, 6.45) is -9.13. The molecule has 0 nitrogen and oxygen atoms in total. The Hall–Kier alpha value is -3.10. The zero-order valence-corrected chi connectivity index (χ0v) is 22.3. The van der Waals surface area contributed by atoms with Crippen LogP contribution in [-0.4, -0.2) is 0 Å². The van der Waals surface area contributed by atoms with Crippen LogP contribution in [0.2, 0.25) is 0 Å². The summed E-state index contributed by atoms with van der Waals surface area (Å²) in [5, 5.41) is 4.00. The van der Waals surface area contributed by atoms with Crippen LogP contribution in [0.15, 0.2) is 93.9 Å². The van der Waals surface area contributed by atoms with Crippen LogP contribution in [0, 0.1) is 0 Å². The number of rotatable bonds is 2. The molecule has 6 aromatic carbocycles. The highest BCUT2D eigenvalue weighted by Gasteiger charge is 2.35. The molecule has 0 aromatic heterocycles. The van der Waals surface area contributed by atoms with E-state index >= 15 is 0 Å². The molecule has 6 rings (SSSR count). The molecule has 0 N–H and O–H groups in total. The molecule has 0 aliphatic rings. The molecule has 0 radical (unpaired) electrons. The Morgan fingerprint density at radius 3 is 1.13 bits per heavy atom. The van der Waals surface area contributed by atoms with E-state index in [1.54, 1.807) is 48.5 Å². The molecule has 0 saturated heterocycles. The lowest BCUT2D eigenvalue weighted by Crippen LogP contribution is -2.07. The van der Waals surface area contributed by atoms with Gasteiger partial charge in [-0.15, -0.1) is 0 Å². The first-order valence-corrected chi connectivity index (χ1v) is 13.0. The summed E-state index contributed by atoms with van der Waals surface area (Å²) < 4.78 is 84.9. The molecule has 38 heavy (non-hydrogen) atoms. The van der Waals surface area contributed by atoms with Gasteiger partial charge in [-0.3, -0.25) is 0 Å². The summed E-state index contributed by atoms with van der Waals surface area (Å²) in [4.78, 5) is 0. The second kappa shape index (κ2) is 8.71. The van der Waals surface area contributed by atoms with Crippen molar-refractivity contribution in [2.24, 2.45) is 0 Å². The van der Waals surface area contributed by atoms with E-state index in [0.717, 1.165) is 22.9 Å². The SMILES string of the molecule is FC(F)(F)c1ccccc1-c1cc(Br)c2ccc3c(-c4ccccc4C(F)(F)F)cc(Br)c4ccc1c2c43. The van der Waals surface area contributed by atoms with Gasteiger partial charge in [0.2, 0.25) is 0 Å². The van der Waals surface area contributed by atoms with E-state index in [1.165, 1.54) is 24.3 Å². The fourth-order valence-corrected chi connectivity index (χ4v) is 6.40. The van der Waals surface area contributed by atoms with Crippen molar-refractivity contribution in [3.05, 3.63) is 105 Å². The van der Waals surface area contributed by atoms with Gasteiger partial charge in [-0.25, -0.2) is 0 Å². The number of alkyl halides is 6. The van der Waals surface area contributed by atoms with Gasteiger partial charge >= 0.3 is 12.4 Å². The number of halogens is 8. The third-order valence-corrected chi connectivity index (χ3v) is 8.16. The van der Waals surface area contributed by atoms with Crippen LogP contribution in [0.3, 0.4) is 0 Å². The molecule has 0 aliphatic carbocycles. The van der Waals surface area contributed by atoms with Gasteiger partial charge in [0.15, 0.2) is 0 Å². The second-order valence-electron chi connectivity index (χ2n) is 8.97. The van der Waals surface area contributed by atoms with Crippen LogP contribution in [0.25, 0.3) is 54.6 Å². The molecular formula is C30H14Br2F6. The first kappa shape index (κ1) is 25.2. The summed E-state index contributed by atoms with van der Waals surface area (Å²) in [5.41, 5.74) is -0.709. The molecule has 0 heterocycles. The quantitative estimate of drug-likeness (QED) is 0.130. The van der Waals surface area contributed by atoms with E-state index in [-0.39, 0.29) is 11.1 Å². The van der Waals surface area contributed by atoms with Gasteiger partial charge in [0, 0.05) is 8.95 Å². The molecule has 0 unspecified atom stereocenters. The zero-order chi connectivity index (χ0) is 27.0. The topological polar surface area (TPSA) is 0 Å². The first-order valence-electron chi connectivity index (χ1n) is 11.4. The number of hydrogen-bond donors (Lipinski definition) is 0. The van der Waals surface area contributed by atoms with Crippen molar-refractivity contribution in [3.63, 3.8) is 0 Å². The Bertz CT molecular complexity index is 1730. The summed E-state index contributed by atoms with van der Waals surface area (Å²) in [6, 6.07) is 21.2. The molecule has 0 spiro atoms. The Balaban J connectivity index is 1.77. The Morgan fingerprint density at radius 1 is 0.421 bits per heavy atom. The Morgan fingerprint density at radius 2 is 0.763 bits per heavy atom. The highest BCUT2D eigenvalue weighted by atomic mass is 79.9. The zero-order valence-electron chi connectivity index (χ0n) is 19.1. The minimum Gasteiger partial charge on any atom is -0.166 e. The lowest BCUT2D eigenvalue weighted by molar-refractivity contribution is -0.137. The van der Waals surface area contributed by atoms with E-state index < -0.39 is 23.5 Å². The summed E-state index contributed by atoms with van der Waals surface area (Å²) >= 11 is 7.08. The third kappa shape index (κ3) is 3.88. The van der Waals surface area contributed by atoms with Crippen molar-refractivity contribution < 1.29 is 26.3 Å². The predicted molar refractivity (Wildman–Crippen MR) is 146 cm³/mol. The maximum Gasteiger partial charge on any atom is 0.417 e. The Labute approximate surface area is 229 Å². The minimum absolute atomic E-state index is 0.0281. The molecule has 8 heteroatoms. The minimum atomic E-state index is -4.56. The monoisotopic (exact) mass is 646 g/mol. The lowest BCUT2D eigenvalue weighted by Gasteiger charge is -2.21. The van der Waals surface area contributed by atoms with Gasteiger partial charge < -0.3 is 0 Å². The molecule has 0 amide bonds. The normalized spacial score (nSPS) is 12.7. The van der Waals surface area contributed by atoms with Gasteiger partial charge in [0.25, 0.3) is 0 Å². The first-order chi connectivity index (χ1) is 18.0. The summed E-state index contributed by atoms with van der Waals surface area (Å²) in [5.74, 6) is 0. The van der Waals surface area contributed by atoms with Crippen LogP contribution in [0.1, 0.15) is 11.1 Å². The van der Waals surface area contributed by atoms with Crippen molar-refractivity contribution >= 4 is 64.2 Å². The van der Waals surface area contributed by atoms with Crippen molar-refractivity contribution in [3.8, 4) is 22.3 Å². The van der Waals surface area contributed by atoms with Gasteiger partial charge in [-0.05, 0) is 78.8 Å². The fourth-order valence-electron chi connectivity index (χ4n) is 5.28. The molecule has 0 saturated carbocycles. The fraction of sp³-hybridized carbons (Fsp3) is 0.0667. The van der Waals surface area contributed by atoms with E-state index in [0.29, 0.717) is 41.6 Å². The van der Waals surface area contributed by atoms with E-state index in [2.05, 4.69) is 31.9 Å². The molecule has 0 atom stereocenters. The van der Waals surface area contributed by atoms with Gasteiger partial charge in [-0.2, -0.15) is 26.3 Å². The summed E-state index contributed by atoms with van der Waals surface area (Å²) in [6.45, 7) is 0. The molecule has 190 valence electrons. The third-order valence-electron chi connectivity index (χ3n) is 6.84. The second-order valence-corrected chi connectivity index (χ2v) is 10.7. The molecule has 0 bridgehead atoms. The largest absolute Gasteiger partial charge is 0.417 e. The molecule has 6 aromatic rings.